The average Bonchev–Trinajstić information content (AvgIpc) is 2.34. The number of benzene rings is 1. The molecule has 1 unspecified atom stereocenters. The first kappa shape index (κ1) is 13.3. The smallest absolute Gasteiger partial charge is 0.0451 e. The van der Waals surface area contributed by atoms with E-state index in [1.165, 1.54) is 24.9 Å². The third-order valence-electron chi connectivity index (χ3n) is 3.32. The molecule has 0 spiro atoms. The summed E-state index contributed by atoms with van der Waals surface area (Å²) >= 11 is 9.72. The van der Waals surface area contributed by atoms with Crippen LogP contribution in [-0.2, 0) is 6.54 Å². The summed E-state index contributed by atoms with van der Waals surface area (Å²) in [6.45, 7) is 3.22. The third-order valence-corrected chi connectivity index (χ3v) is 4.18. The Labute approximate surface area is 116 Å². The third kappa shape index (κ3) is 3.68. The molecule has 1 fully saturated rings. The Morgan fingerprint density at radius 1 is 1.53 bits per heavy atom. The van der Waals surface area contributed by atoms with Crippen LogP contribution >= 0.6 is 27.5 Å². The van der Waals surface area contributed by atoms with Gasteiger partial charge in [-0.1, -0.05) is 27.5 Å². The molecular formula is C13H18BrClN2. The van der Waals surface area contributed by atoms with Gasteiger partial charge in [-0.2, -0.15) is 0 Å². The van der Waals surface area contributed by atoms with Crippen LogP contribution < -0.4 is 5.32 Å². The van der Waals surface area contributed by atoms with E-state index in [0.717, 1.165) is 22.6 Å². The first-order chi connectivity index (χ1) is 8.19. The second-order valence-corrected chi connectivity index (χ2v) is 5.92. The number of piperidine rings is 1. The summed E-state index contributed by atoms with van der Waals surface area (Å²) < 4.78 is 1.10. The maximum absolute atomic E-state index is 6.22. The number of likely N-dealkylation sites (tertiary alicyclic amines) is 1. The molecule has 94 valence electrons. The van der Waals surface area contributed by atoms with Crippen LogP contribution in [0.3, 0.4) is 0 Å². The minimum atomic E-state index is 0.620. The predicted octanol–water partition coefficient (Wildman–Crippen LogP) is 3.29. The fourth-order valence-corrected chi connectivity index (χ4v) is 2.93. The van der Waals surface area contributed by atoms with E-state index in [9.17, 15) is 0 Å². The maximum atomic E-state index is 6.22. The molecule has 0 radical (unpaired) electrons. The fourth-order valence-electron chi connectivity index (χ4n) is 2.34. The van der Waals surface area contributed by atoms with Gasteiger partial charge in [0.1, 0.15) is 0 Å². The molecule has 1 aliphatic rings. The van der Waals surface area contributed by atoms with Gasteiger partial charge in [0.15, 0.2) is 0 Å². The largest absolute Gasteiger partial charge is 0.316 e. The van der Waals surface area contributed by atoms with E-state index in [0.29, 0.717) is 6.04 Å². The molecule has 1 N–H and O–H groups in total. The van der Waals surface area contributed by atoms with Crippen LogP contribution in [0.15, 0.2) is 22.7 Å². The van der Waals surface area contributed by atoms with Crippen LogP contribution in [0.1, 0.15) is 18.4 Å². The van der Waals surface area contributed by atoms with Gasteiger partial charge in [0.25, 0.3) is 0 Å². The molecule has 0 bridgehead atoms. The number of halogens is 2. The summed E-state index contributed by atoms with van der Waals surface area (Å²) in [5.41, 5.74) is 1.21. The summed E-state index contributed by atoms with van der Waals surface area (Å²) in [5.74, 6) is 0. The molecule has 1 atom stereocenters. The summed E-state index contributed by atoms with van der Waals surface area (Å²) in [7, 11) is 2.04. The van der Waals surface area contributed by atoms with E-state index in [2.05, 4.69) is 32.2 Å². The highest BCUT2D eigenvalue weighted by Gasteiger charge is 2.19. The first-order valence-electron chi connectivity index (χ1n) is 6.02. The highest BCUT2D eigenvalue weighted by Crippen LogP contribution is 2.23. The van der Waals surface area contributed by atoms with E-state index < -0.39 is 0 Å². The lowest BCUT2D eigenvalue weighted by molar-refractivity contribution is 0.188. The first-order valence-corrected chi connectivity index (χ1v) is 7.19. The summed E-state index contributed by atoms with van der Waals surface area (Å²) in [6.07, 6.45) is 2.54. The molecule has 0 saturated carbocycles. The second-order valence-electron chi connectivity index (χ2n) is 4.60. The van der Waals surface area contributed by atoms with Crippen LogP contribution in [0.2, 0.25) is 5.02 Å². The number of nitrogens with zero attached hydrogens (tertiary/aromatic N) is 1. The zero-order valence-electron chi connectivity index (χ0n) is 10.0. The Balaban J connectivity index is 2.02. The van der Waals surface area contributed by atoms with E-state index in [1.807, 2.05) is 19.2 Å². The Kier molecular flexibility index (Phi) is 4.86. The van der Waals surface area contributed by atoms with Gasteiger partial charge in [0, 0.05) is 28.6 Å². The number of hydrogen-bond donors (Lipinski definition) is 1. The van der Waals surface area contributed by atoms with Gasteiger partial charge < -0.3 is 5.32 Å². The zero-order chi connectivity index (χ0) is 12.3. The number of nitrogens with one attached hydrogen (secondary N) is 1. The minimum absolute atomic E-state index is 0.620. The van der Waals surface area contributed by atoms with Crippen LogP contribution in [0, 0.1) is 0 Å². The van der Waals surface area contributed by atoms with Crippen LogP contribution in [0.4, 0.5) is 0 Å². The van der Waals surface area contributed by atoms with E-state index in [1.54, 1.807) is 0 Å². The van der Waals surface area contributed by atoms with Crippen LogP contribution in [0.25, 0.3) is 0 Å². The number of rotatable bonds is 3. The van der Waals surface area contributed by atoms with Crippen molar-refractivity contribution in [2.75, 3.05) is 20.1 Å². The minimum Gasteiger partial charge on any atom is -0.316 e. The molecule has 1 aliphatic heterocycles. The molecule has 1 heterocycles. The molecule has 1 aromatic carbocycles. The quantitative estimate of drug-likeness (QED) is 0.920. The van der Waals surface area contributed by atoms with E-state index in [4.69, 9.17) is 11.6 Å². The molecule has 1 saturated heterocycles. The number of likely N-dealkylation sites (N-methyl/N-ethyl adjacent to an activating group) is 1. The van der Waals surface area contributed by atoms with Gasteiger partial charge in [-0.15, -0.1) is 0 Å². The average molecular weight is 318 g/mol. The van der Waals surface area contributed by atoms with Gasteiger partial charge in [-0.25, -0.2) is 0 Å². The predicted molar refractivity (Wildman–Crippen MR) is 76.5 cm³/mol. The normalized spacial score (nSPS) is 21.7. The number of hydrogen-bond acceptors (Lipinski definition) is 2. The molecule has 0 aliphatic carbocycles. The molecule has 1 aromatic rings. The topological polar surface area (TPSA) is 15.3 Å². The lowest BCUT2D eigenvalue weighted by Crippen LogP contribution is -2.43. The Hall–Kier alpha value is -0.0900. The van der Waals surface area contributed by atoms with Gasteiger partial charge >= 0.3 is 0 Å². The summed E-state index contributed by atoms with van der Waals surface area (Å²) in [4.78, 5) is 2.47. The lowest BCUT2D eigenvalue weighted by Gasteiger charge is -2.32. The Morgan fingerprint density at radius 3 is 3.12 bits per heavy atom. The van der Waals surface area contributed by atoms with Crippen molar-refractivity contribution in [2.24, 2.45) is 0 Å². The fraction of sp³-hybridized carbons (Fsp3) is 0.538. The van der Waals surface area contributed by atoms with Gasteiger partial charge in [-0.3, -0.25) is 4.90 Å². The van der Waals surface area contributed by atoms with Crippen LogP contribution in [-0.4, -0.2) is 31.1 Å². The molecule has 2 rings (SSSR count). The Morgan fingerprint density at radius 2 is 2.35 bits per heavy atom. The van der Waals surface area contributed by atoms with Crippen molar-refractivity contribution in [3.63, 3.8) is 0 Å². The lowest BCUT2D eigenvalue weighted by atomic mass is 10.1. The van der Waals surface area contributed by atoms with Gasteiger partial charge in [-0.05, 0) is 50.2 Å². The van der Waals surface area contributed by atoms with Crippen molar-refractivity contribution < 1.29 is 0 Å². The second kappa shape index (κ2) is 6.19. The van der Waals surface area contributed by atoms with E-state index in [-0.39, 0.29) is 0 Å². The van der Waals surface area contributed by atoms with Crippen molar-refractivity contribution in [1.29, 1.82) is 0 Å². The van der Waals surface area contributed by atoms with Crippen molar-refractivity contribution >= 4 is 27.5 Å². The van der Waals surface area contributed by atoms with Crippen molar-refractivity contribution in [3.8, 4) is 0 Å². The van der Waals surface area contributed by atoms with E-state index >= 15 is 0 Å². The standard InChI is InChI=1S/C13H18BrClN2/c1-16-12-3-2-6-17(9-12)8-10-7-11(14)4-5-13(10)15/h4-5,7,12,16H,2-3,6,8-9H2,1H3. The molecule has 4 heteroatoms. The van der Waals surface area contributed by atoms with Crippen molar-refractivity contribution in [1.82, 2.24) is 10.2 Å². The SMILES string of the molecule is CNC1CCCN(Cc2cc(Br)ccc2Cl)C1. The van der Waals surface area contributed by atoms with Gasteiger partial charge in [0.2, 0.25) is 0 Å². The van der Waals surface area contributed by atoms with Crippen molar-refractivity contribution in [2.45, 2.75) is 25.4 Å². The highest BCUT2D eigenvalue weighted by atomic mass is 79.9. The molecule has 2 nitrogen and oxygen atoms in total. The summed E-state index contributed by atoms with van der Waals surface area (Å²) in [5, 5.41) is 4.22. The maximum Gasteiger partial charge on any atom is 0.0451 e. The monoisotopic (exact) mass is 316 g/mol. The highest BCUT2D eigenvalue weighted by molar-refractivity contribution is 9.10. The van der Waals surface area contributed by atoms with Crippen molar-refractivity contribution in [3.05, 3.63) is 33.3 Å². The molecule has 17 heavy (non-hydrogen) atoms. The Bertz CT molecular complexity index is 384. The molecule has 0 amide bonds. The summed E-state index contributed by atoms with van der Waals surface area (Å²) in [6, 6.07) is 6.68. The van der Waals surface area contributed by atoms with Crippen LogP contribution in [0.5, 0.6) is 0 Å². The molecular weight excluding hydrogens is 300 g/mol. The van der Waals surface area contributed by atoms with Gasteiger partial charge in [0.05, 0.1) is 0 Å². The zero-order valence-corrected chi connectivity index (χ0v) is 12.4. The molecule has 0 aromatic heterocycles.